The minimum absolute atomic E-state index is 0.0297. The van der Waals surface area contributed by atoms with E-state index in [4.69, 9.17) is 18.5 Å². The van der Waals surface area contributed by atoms with Crippen molar-refractivity contribution in [2.45, 2.75) is 40.3 Å². The third kappa shape index (κ3) is 6.66. The highest BCUT2D eigenvalue weighted by Crippen LogP contribution is 2.47. The molecule has 1 aromatic carbocycles. The molecule has 1 aromatic rings. The Morgan fingerprint density at radius 3 is 1.93 bits per heavy atom. The van der Waals surface area contributed by atoms with Crippen LogP contribution in [0.2, 0.25) is 0 Å². The summed E-state index contributed by atoms with van der Waals surface area (Å²) in [4.78, 5) is 37.3. The molecule has 0 N–H and O–H groups in total. The van der Waals surface area contributed by atoms with E-state index in [1.165, 1.54) is 0 Å². The second-order valence-corrected chi connectivity index (χ2v) is 7.64. The van der Waals surface area contributed by atoms with E-state index < -0.39 is 25.6 Å². The van der Waals surface area contributed by atoms with Crippen LogP contribution in [-0.2, 0) is 44.0 Å². The largest absolute Gasteiger partial charge is 0.464 e. The van der Waals surface area contributed by atoms with Gasteiger partial charge in [-0.05, 0) is 39.3 Å². The molecule has 0 saturated heterocycles. The molecule has 0 aromatic heterocycles. The number of rotatable bonds is 13. The smallest absolute Gasteiger partial charge is 0.361 e. The van der Waals surface area contributed by atoms with E-state index in [-0.39, 0.29) is 38.3 Å². The van der Waals surface area contributed by atoms with Crippen LogP contribution in [0, 0.1) is 0 Å². The lowest BCUT2D eigenvalue weighted by atomic mass is 10.1. The van der Waals surface area contributed by atoms with Gasteiger partial charge in [0.2, 0.25) is 12.5 Å². The third-order valence-corrected chi connectivity index (χ3v) is 5.95. The van der Waals surface area contributed by atoms with Crippen molar-refractivity contribution in [3.05, 3.63) is 29.8 Å². The summed E-state index contributed by atoms with van der Waals surface area (Å²) in [6.07, 6.45) is 0.349. The van der Waals surface area contributed by atoms with Crippen LogP contribution in [0.25, 0.3) is 0 Å². The summed E-state index contributed by atoms with van der Waals surface area (Å²) in [5, 5.41) is 0.252. The highest BCUT2D eigenvalue weighted by Gasteiger charge is 2.37. The Hall–Kier alpha value is -2.22. The molecule has 0 radical (unpaired) electrons. The molecule has 0 aliphatic carbocycles. The van der Waals surface area contributed by atoms with Crippen molar-refractivity contribution in [2.24, 2.45) is 0 Å². The first-order valence-corrected chi connectivity index (χ1v) is 10.9. The molecule has 0 spiro atoms. The van der Waals surface area contributed by atoms with E-state index >= 15 is 0 Å². The number of ether oxygens (including phenoxy) is 2. The fourth-order valence-electron chi connectivity index (χ4n) is 2.62. The predicted octanol–water partition coefficient (Wildman–Crippen LogP) is 2.03. The fourth-order valence-corrected chi connectivity index (χ4v) is 4.42. The molecule has 0 heterocycles. The molecule has 0 bridgehead atoms. The fraction of sp³-hybridized carbons (Fsp3) is 0.526. The molecule has 1 amide bonds. The first-order valence-electron chi connectivity index (χ1n) is 9.40. The first-order chi connectivity index (χ1) is 13.9. The molecule has 0 fully saturated rings. The molecule has 162 valence electrons. The van der Waals surface area contributed by atoms with Gasteiger partial charge in [0.05, 0.1) is 31.7 Å². The van der Waals surface area contributed by atoms with E-state index in [1.54, 1.807) is 52.0 Å². The number of hydrogen-bond donors (Lipinski definition) is 0. The number of carbonyl (C=O) groups excluding carboxylic acids is 3. The van der Waals surface area contributed by atoms with E-state index in [0.717, 1.165) is 4.90 Å². The van der Waals surface area contributed by atoms with Gasteiger partial charge in [-0.25, -0.2) is 9.59 Å². The summed E-state index contributed by atoms with van der Waals surface area (Å²) in [6.45, 7) is 6.69. The molecule has 0 saturated carbocycles. The number of carbonyl (C=O) groups is 3. The standard InChI is InChI=1S/C19H28NO8P/c1-5-25-18(22)17(19(23)26-6-2)20(14-21)13-15-11-9-10-12-16(15)29(24,27-7-3)28-8-4/h9-12,14,17H,5-8,13H2,1-4H3. The summed E-state index contributed by atoms with van der Waals surface area (Å²) in [7, 11) is -3.65. The van der Waals surface area contributed by atoms with Crippen LogP contribution < -0.4 is 5.30 Å². The van der Waals surface area contributed by atoms with Crippen LogP contribution in [0.3, 0.4) is 0 Å². The number of benzene rings is 1. The summed E-state index contributed by atoms with van der Waals surface area (Å²) in [5.74, 6) is -1.82. The number of nitrogens with zero attached hydrogens (tertiary/aromatic N) is 1. The van der Waals surface area contributed by atoms with Gasteiger partial charge in [-0.1, -0.05) is 18.2 Å². The molecule has 0 aliphatic heterocycles. The van der Waals surface area contributed by atoms with E-state index in [2.05, 4.69) is 0 Å². The minimum Gasteiger partial charge on any atom is -0.464 e. The molecule has 29 heavy (non-hydrogen) atoms. The third-order valence-electron chi connectivity index (χ3n) is 3.72. The summed E-state index contributed by atoms with van der Waals surface area (Å²) in [6, 6.07) is 4.92. The summed E-state index contributed by atoms with van der Waals surface area (Å²) >= 11 is 0. The van der Waals surface area contributed by atoms with Gasteiger partial charge in [0.15, 0.2) is 0 Å². The average molecular weight is 429 g/mol. The van der Waals surface area contributed by atoms with E-state index in [1.807, 2.05) is 0 Å². The zero-order valence-electron chi connectivity index (χ0n) is 17.2. The molecule has 1 rings (SSSR count). The van der Waals surface area contributed by atoms with Gasteiger partial charge in [0.1, 0.15) is 0 Å². The molecule has 0 unspecified atom stereocenters. The van der Waals surface area contributed by atoms with Gasteiger partial charge in [0.25, 0.3) is 0 Å². The van der Waals surface area contributed by atoms with Gasteiger partial charge in [0, 0.05) is 6.54 Å². The Morgan fingerprint density at radius 2 is 1.48 bits per heavy atom. The van der Waals surface area contributed by atoms with Crippen molar-refractivity contribution < 1.29 is 37.5 Å². The molecular weight excluding hydrogens is 401 g/mol. The molecule has 9 nitrogen and oxygen atoms in total. The van der Waals surface area contributed by atoms with E-state index in [9.17, 15) is 18.9 Å². The Bertz CT molecular complexity index is 711. The zero-order chi connectivity index (χ0) is 21.9. The quantitative estimate of drug-likeness (QED) is 0.203. The topological polar surface area (TPSA) is 108 Å². The maximum atomic E-state index is 13.2. The van der Waals surface area contributed by atoms with Gasteiger partial charge >= 0.3 is 19.5 Å². The molecule has 10 heteroatoms. The Morgan fingerprint density at radius 1 is 0.966 bits per heavy atom. The Balaban J connectivity index is 3.33. The van der Waals surface area contributed by atoms with Crippen LogP contribution >= 0.6 is 7.60 Å². The lowest BCUT2D eigenvalue weighted by Crippen LogP contribution is -2.48. The highest BCUT2D eigenvalue weighted by atomic mass is 31.2. The minimum atomic E-state index is -3.65. The Labute approximate surface area is 170 Å². The SMILES string of the molecule is CCOC(=O)C(C(=O)OCC)N(C=O)Cc1ccccc1P(=O)(OCC)OCC. The maximum Gasteiger partial charge on any atom is 0.361 e. The van der Waals surface area contributed by atoms with Gasteiger partial charge in [-0.15, -0.1) is 0 Å². The van der Waals surface area contributed by atoms with E-state index in [0.29, 0.717) is 12.0 Å². The normalized spacial score (nSPS) is 11.2. The predicted molar refractivity (Wildman–Crippen MR) is 106 cm³/mol. The first kappa shape index (κ1) is 24.8. The van der Waals surface area contributed by atoms with Crippen molar-refractivity contribution in [1.82, 2.24) is 4.90 Å². The lowest BCUT2D eigenvalue weighted by Gasteiger charge is -2.27. The van der Waals surface area contributed by atoms with Crippen LogP contribution in [0.15, 0.2) is 24.3 Å². The number of amides is 1. The summed E-state index contributed by atoms with van der Waals surface area (Å²) < 4.78 is 33.8. The van der Waals surface area contributed by atoms with Crippen molar-refractivity contribution in [3.63, 3.8) is 0 Å². The van der Waals surface area contributed by atoms with Crippen molar-refractivity contribution in [3.8, 4) is 0 Å². The second-order valence-electron chi connectivity index (χ2n) is 5.65. The highest BCUT2D eigenvalue weighted by molar-refractivity contribution is 7.62. The number of esters is 2. The second kappa shape index (κ2) is 12.4. The van der Waals surface area contributed by atoms with Crippen LogP contribution in [0.1, 0.15) is 33.3 Å². The monoisotopic (exact) mass is 429 g/mol. The molecule has 0 atom stereocenters. The van der Waals surface area contributed by atoms with Crippen molar-refractivity contribution >= 4 is 31.2 Å². The zero-order valence-corrected chi connectivity index (χ0v) is 18.1. The lowest BCUT2D eigenvalue weighted by molar-refractivity contribution is -0.165. The molecular formula is C19H28NO8P. The van der Waals surface area contributed by atoms with Crippen LogP contribution in [0.4, 0.5) is 0 Å². The van der Waals surface area contributed by atoms with Crippen molar-refractivity contribution in [1.29, 1.82) is 0 Å². The average Bonchev–Trinajstić information content (AvgIpc) is 2.68. The Kier molecular flexibility index (Phi) is 10.6. The van der Waals surface area contributed by atoms with Crippen LogP contribution in [-0.4, -0.2) is 55.7 Å². The molecule has 0 aliphatic rings. The maximum absolute atomic E-state index is 13.2. The van der Waals surface area contributed by atoms with Gasteiger partial charge in [-0.3, -0.25) is 9.36 Å². The summed E-state index contributed by atoms with van der Waals surface area (Å²) in [5.41, 5.74) is 0.406. The van der Waals surface area contributed by atoms with Crippen LogP contribution in [0.5, 0.6) is 0 Å². The van der Waals surface area contributed by atoms with Gasteiger partial charge < -0.3 is 23.4 Å². The van der Waals surface area contributed by atoms with Gasteiger partial charge in [-0.2, -0.15) is 0 Å². The van der Waals surface area contributed by atoms with Crippen molar-refractivity contribution in [2.75, 3.05) is 26.4 Å². The number of hydrogen-bond acceptors (Lipinski definition) is 8.